The Bertz CT molecular complexity index is 582. The van der Waals surface area contributed by atoms with Gasteiger partial charge >= 0.3 is 5.97 Å². The minimum absolute atomic E-state index is 0.311. The molecule has 25 heavy (non-hydrogen) atoms. The highest BCUT2D eigenvalue weighted by molar-refractivity contribution is 5.94. The minimum atomic E-state index is -0.367. The van der Waals surface area contributed by atoms with E-state index >= 15 is 0 Å². The molecule has 2 aliphatic heterocycles. The highest BCUT2D eigenvalue weighted by Gasteiger charge is 2.28. The van der Waals surface area contributed by atoms with Crippen molar-refractivity contribution in [2.75, 3.05) is 38.2 Å². The normalized spacial score (nSPS) is 22.1. The number of likely N-dealkylation sites (tertiary alicyclic amines) is 1. The number of rotatable bonds is 6. The molecular formula is C18H28N4O3. The number of anilines is 1. The van der Waals surface area contributed by atoms with Crippen molar-refractivity contribution >= 4 is 11.8 Å². The molecule has 0 aliphatic carbocycles. The highest BCUT2D eigenvalue weighted by Crippen LogP contribution is 2.22. The quantitative estimate of drug-likeness (QED) is 0.787. The summed E-state index contributed by atoms with van der Waals surface area (Å²) in [6.07, 6.45) is 5.51. The maximum Gasteiger partial charge on any atom is 0.343 e. The fourth-order valence-corrected chi connectivity index (χ4v) is 3.47. The number of aromatic nitrogens is 2. The summed E-state index contributed by atoms with van der Waals surface area (Å²) >= 11 is 0. The second kappa shape index (κ2) is 8.58. The van der Waals surface area contributed by atoms with Gasteiger partial charge in [-0.2, -0.15) is 0 Å². The zero-order chi connectivity index (χ0) is 17.6. The molecule has 1 atom stereocenters. The summed E-state index contributed by atoms with van der Waals surface area (Å²) in [5.41, 5.74) is 0.422. The molecule has 0 bridgehead atoms. The summed E-state index contributed by atoms with van der Waals surface area (Å²) in [5, 5.41) is 3.46. The molecule has 1 N–H and O–H groups in total. The van der Waals surface area contributed by atoms with Crippen LogP contribution in [0.15, 0.2) is 6.20 Å². The monoisotopic (exact) mass is 348 g/mol. The Morgan fingerprint density at radius 3 is 2.80 bits per heavy atom. The first-order chi connectivity index (χ1) is 12.2. The number of ether oxygens (including phenoxy) is 2. The number of esters is 1. The lowest BCUT2D eigenvalue weighted by molar-refractivity contribution is 0.0526. The number of nitrogens with zero attached hydrogens (tertiary/aromatic N) is 3. The zero-order valence-corrected chi connectivity index (χ0v) is 15.2. The Morgan fingerprint density at radius 2 is 2.16 bits per heavy atom. The summed E-state index contributed by atoms with van der Waals surface area (Å²) in [4.78, 5) is 23.5. The summed E-state index contributed by atoms with van der Waals surface area (Å²) in [6, 6.07) is 0.883. The van der Waals surface area contributed by atoms with E-state index in [-0.39, 0.29) is 5.97 Å². The van der Waals surface area contributed by atoms with Crippen molar-refractivity contribution < 1.29 is 14.3 Å². The number of carbonyl (C=O) groups is 1. The first kappa shape index (κ1) is 18.1. The number of hydrogen-bond donors (Lipinski definition) is 1. The van der Waals surface area contributed by atoms with Crippen LogP contribution in [-0.2, 0) is 15.9 Å². The van der Waals surface area contributed by atoms with E-state index in [4.69, 9.17) is 9.47 Å². The van der Waals surface area contributed by atoms with E-state index in [9.17, 15) is 4.79 Å². The van der Waals surface area contributed by atoms with Gasteiger partial charge in [-0.3, -0.25) is 4.90 Å². The first-order valence-corrected chi connectivity index (χ1v) is 9.32. The van der Waals surface area contributed by atoms with Gasteiger partial charge in [-0.15, -0.1) is 0 Å². The molecule has 7 nitrogen and oxygen atoms in total. The molecule has 1 aromatic heterocycles. The summed E-state index contributed by atoms with van der Waals surface area (Å²) in [7, 11) is 0. The molecule has 2 saturated heterocycles. The van der Waals surface area contributed by atoms with Gasteiger partial charge in [-0.05, 0) is 26.2 Å². The van der Waals surface area contributed by atoms with Crippen molar-refractivity contribution in [1.29, 1.82) is 0 Å². The predicted molar refractivity (Wildman–Crippen MR) is 94.8 cm³/mol. The van der Waals surface area contributed by atoms with Crippen LogP contribution in [0, 0.1) is 0 Å². The molecule has 0 unspecified atom stereocenters. The van der Waals surface area contributed by atoms with Crippen LogP contribution in [0.25, 0.3) is 0 Å². The molecule has 0 saturated carbocycles. The molecule has 0 spiro atoms. The van der Waals surface area contributed by atoms with Crippen LogP contribution >= 0.6 is 0 Å². The van der Waals surface area contributed by atoms with Crippen LogP contribution in [0.3, 0.4) is 0 Å². The summed E-state index contributed by atoms with van der Waals surface area (Å²) in [6.45, 7) is 7.98. The van der Waals surface area contributed by atoms with Gasteiger partial charge in [0.25, 0.3) is 0 Å². The van der Waals surface area contributed by atoms with E-state index in [2.05, 4.69) is 20.2 Å². The molecule has 3 heterocycles. The summed E-state index contributed by atoms with van der Waals surface area (Å²) in [5.74, 6) is 0.970. The number of hydrogen-bond acceptors (Lipinski definition) is 7. The van der Waals surface area contributed by atoms with Gasteiger partial charge in [0.15, 0.2) is 0 Å². The molecular weight excluding hydrogens is 320 g/mol. The Labute approximate surface area is 149 Å². The zero-order valence-electron chi connectivity index (χ0n) is 15.2. The van der Waals surface area contributed by atoms with E-state index < -0.39 is 0 Å². The van der Waals surface area contributed by atoms with E-state index in [1.54, 1.807) is 13.1 Å². The standard InChI is InChI=1S/C18H28N4O3/c1-3-16-19-11-15(18(23)25-4-2)17(21-16)20-13-5-8-22(9-6-13)14-7-10-24-12-14/h11,13-14H,3-10,12H2,1-2H3,(H,19,20,21)/t14-/m0/s1. The van der Waals surface area contributed by atoms with Gasteiger partial charge in [0.2, 0.25) is 0 Å². The van der Waals surface area contributed by atoms with Gasteiger partial charge in [-0.25, -0.2) is 14.8 Å². The third-order valence-electron chi connectivity index (χ3n) is 4.94. The molecule has 2 aliphatic rings. The summed E-state index contributed by atoms with van der Waals surface area (Å²) < 4.78 is 10.6. The molecule has 138 valence electrons. The largest absolute Gasteiger partial charge is 0.462 e. The molecule has 0 aromatic carbocycles. The van der Waals surface area contributed by atoms with Crippen molar-refractivity contribution in [2.45, 2.75) is 51.6 Å². The van der Waals surface area contributed by atoms with E-state index in [1.165, 1.54) is 0 Å². The molecule has 3 rings (SSSR count). The Morgan fingerprint density at radius 1 is 1.36 bits per heavy atom. The smallest absolute Gasteiger partial charge is 0.343 e. The highest BCUT2D eigenvalue weighted by atomic mass is 16.5. The van der Waals surface area contributed by atoms with Crippen LogP contribution < -0.4 is 5.32 Å². The molecule has 0 radical (unpaired) electrons. The van der Waals surface area contributed by atoms with Gasteiger partial charge in [0, 0.05) is 44.4 Å². The van der Waals surface area contributed by atoms with Gasteiger partial charge in [-0.1, -0.05) is 6.92 Å². The van der Waals surface area contributed by atoms with Crippen molar-refractivity contribution in [3.05, 3.63) is 17.6 Å². The fraction of sp³-hybridized carbons (Fsp3) is 0.722. The average molecular weight is 348 g/mol. The lowest BCUT2D eigenvalue weighted by Crippen LogP contribution is -2.45. The topological polar surface area (TPSA) is 76.6 Å². The maximum atomic E-state index is 12.2. The van der Waals surface area contributed by atoms with E-state index in [0.717, 1.165) is 57.8 Å². The lowest BCUT2D eigenvalue weighted by atomic mass is 10.0. The molecule has 2 fully saturated rings. The van der Waals surface area contributed by atoms with Crippen LogP contribution in [0.5, 0.6) is 0 Å². The van der Waals surface area contributed by atoms with E-state index in [1.807, 2.05) is 6.92 Å². The molecule has 7 heteroatoms. The number of nitrogens with one attached hydrogen (secondary N) is 1. The maximum absolute atomic E-state index is 12.2. The van der Waals surface area contributed by atoms with Crippen LogP contribution in [-0.4, -0.2) is 65.8 Å². The molecule has 1 aromatic rings. The van der Waals surface area contributed by atoms with Crippen molar-refractivity contribution in [1.82, 2.24) is 14.9 Å². The Balaban J connectivity index is 1.64. The SMILES string of the molecule is CCOC(=O)c1cnc(CC)nc1NC1CCN([C@H]2CCOC2)CC1. The molecule has 0 amide bonds. The van der Waals surface area contributed by atoms with Gasteiger partial charge in [0.05, 0.1) is 13.2 Å². The van der Waals surface area contributed by atoms with Crippen LogP contribution in [0.1, 0.15) is 49.3 Å². The Kier molecular flexibility index (Phi) is 6.20. The third-order valence-corrected chi connectivity index (χ3v) is 4.94. The van der Waals surface area contributed by atoms with Gasteiger partial charge in [0.1, 0.15) is 17.2 Å². The Hall–Kier alpha value is -1.73. The number of aryl methyl sites for hydroxylation is 1. The number of carbonyl (C=O) groups excluding carboxylic acids is 1. The van der Waals surface area contributed by atoms with E-state index in [0.29, 0.717) is 30.1 Å². The van der Waals surface area contributed by atoms with Crippen LogP contribution in [0.2, 0.25) is 0 Å². The number of piperidine rings is 1. The lowest BCUT2D eigenvalue weighted by Gasteiger charge is -2.35. The van der Waals surface area contributed by atoms with Crippen molar-refractivity contribution in [3.8, 4) is 0 Å². The van der Waals surface area contributed by atoms with Crippen molar-refractivity contribution in [3.63, 3.8) is 0 Å². The van der Waals surface area contributed by atoms with Crippen molar-refractivity contribution in [2.24, 2.45) is 0 Å². The van der Waals surface area contributed by atoms with Crippen LogP contribution in [0.4, 0.5) is 5.82 Å². The third kappa shape index (κ3) is 4.46. The average Bonchev–Trinajstić information content (AvgIpc) is 3.17. The first-order valence-electron chi connectivity index (χ1n) is 9.32. The second-order valence-electron chi connectivity index (χ2n) is 6.59. The predicted octanol–water partition coefficient (Wildman–Crippen LogP) is 1.88. The second-order valence-corrected chi connectivity index (χ2v) is 6.59. The minimum Gasteiger partial charge on any atom is -0.462 e. The fourth-order valence-electron chi connectivity index (χ4n) is 3.47. The van der Waals surface area contributed by atoms with Gasteiger partial charge < -0.3 is 14.8 Å².